The number of hydrogen-bond acceptors (Lipinski definition) is 3. The predicted octanol–water partition coefficient (Wildman–Crippen LogP) is 3.50. The summed E-state index contributed by atoms with van der Waals surface area (Å²) in [7, 11) is 0. The van der Waals surface area contributed by atoms with E-state index in [-0.39, 0.29) is 11.7 Å². The highest BCUT2D eigenvalue weighted by Gasteiger charge is 2.23. The highest BCUT2D eigenvalue weighted by atomic mass is 16.5. The third-order valence-electron chi connectivity index (χ3n) is 2.62. The average molecular weight is 244 g/mol. The zero-order valence-corrected chi connectivity index (χ0v) is 10.7. The van der Waals surface area contributed by atoms with Crippen LogP contribution in [0.25, 0.3) is 10.8 Å². The minimum Gasteiger partial charge on any atom is -0.508 e. The second-order valence-corrected chi connectivity index (χ2v) is 5.33. The maximum atomic E-state index is 11.8. The van der Waals surface area contributed by atoms with Gasteiger partial charge in [-0.1, -0.05) is 12.1 Å². The molecule has 1 N–H and O–H groups in total. The number of hydrogen-bond donors (Lipinski definition) is 1. The number of benzene rings is 2. The largest absolute Gasteiger partial charge is 0.508 e. The standard InChI is InChI=1S/C15H16O3/c1-15(2,3)14(17)18-13-7-5-10-4-6-12(16)8-11(10)9-13/h4-9,16H,1-3H3. The van der Waals surface area contributed by atoms with Crippen LogP contribution in [0.3, 0.4) is 0 Å². The molecule has 0 aromatic heterocycles. The van der Waals surface area contributed by atoms with Crippen molar-refractivity contribution in [2.45, 2.75) is 20.8 Å². The summed E-state index contributed by atoms with van der Waals surface area (Å²) in [4.78, 5) is 11.8. The van der Waals surface area contributed by atoms with E-state index >= 15 is 0 Å². The Balaban J connectivity index is 2.33. The molecule has 0 atom stereocenters. The van der Waals surface area contributed by atoms with Crippen molar-refractivity contribution in [3.63, 3.8) is 0 Å². The number of ether oxygens (including phenoxy) is 1. The molecule has 0 saturated carbocycles. The van der Waals surface area contributed by atoms with E-state index in [4.69, 9.17) is 4.74 Å². The zero-order chi connectivity index (χ0) is 13.3. The first-order chi connectivity index (χ1) is 8.36. The van der Waals surface area contributed by atoms with Crippen LogP contribution in [0.2, 0.25) is 0 Å². The van der Waals surface area contributed by atoms with Gasteiger partial charge < -0.3 is 9.84 Å². The van der Waals surface area contributed by atoms with Gasteiger partial charge in [0.1, 0.15) is 11.5 Å². The molecule has 94 valence electrons. The van der Waals surface area contributed by atoms with E-state index < -0.39 is 5.41 Å². The van der Waals surface area contributed by atoms with Crippen molar-refractivity contribution < 1.29 is 14.6 Å². The monoisotopic (exact) mass is 244 g/mol. The van der Waals surface area contributed by atoms with Crippen LogP contribution >= 0.6 is 0 Å². The predicted molar refractivity (Wildman–Crippen MR) is 70.7 cm³/mol. The topological polar surface area (TPSA) is 46.5 Å². The molecule has 0 unspecified atom stereocenters. The maximum absolute atomic E-state index is 11.8. The summed E-state index contributed by atoms with van der Waals surface area (Å²) in [5, 5.41) is 11.3. The Kier molecular flexibility index (Phi) is 2.99. The molecule has 0 heterocycles. The van der Waals surface area contributed by atoms with Crippen LogP contribution in [-0.4, -0.2) is 11.1 Å². The summed E-state index contributed by atoms with van der Waals surface area (Å²) in [6.07, 6.45) is 0. The molecule has 2 rings (SSSR count). The highest BCUT2D eigenvalue weighted by Crippen LogP contribution is 2.26. The summed E-state index contributed by atoms with van der Waals surface area (Å²) in [6.45, 7) is 5.42. The molecule has 0 bridgehead atoms. The van der Waals surface area contributed by atoms with Crippen molar-refractivity contribution >= 4 is 16.7 Å². The number of phenolic OH excluding ortho intramolecular Hbond substituents is 1. The fourth-order valence-corrected chi connectivity index (χ4v) is 1.54. The molecule has 2 aromatic rings. The van der Waals surface area contributed by atoms with Crippen LogP contribution in [0.5, 0.6) is 11.5 Å². The summed E-state index contributed by atoms with van der Waals surface area (Å²) < 4.78 is 5.31. The van der Waals surface area contributed by atoms with E-state index in [0.29, 0.717) is 5.75 Å². The van der Waals surface area contributed by atoms with Gasteiger partial charge in [0, 0.05) is 0 Å². The fourth-order valence-electron chi connectivity index (χ4n) is 1.54. The van der Waals surface area contributed by atoms with E-state index in [9.17, 15) is 9.90 Å². The Labute approximate surface area is 106 Å². The Bertz CT molecular complexity index is 594. The van der Waals surface area contributed by atoms with Crippen LogP contribution in [0.15, 0.2) is 36.4 Å². The lowest BCUT2D eigenvalue weighted by Crippen LogP contribution is -2.25. The lowest BCUT2D eigenvalue weighted by molar-refractivity contribution is -0.142. The normalized spacial score (nSPS) is 11.5. The summed E-state index contributed by atoms with van der Waals surface area (Å²) >= 11 is 0. The first-order valence-corrected chi connectivity index (χ1v) is 5.81. The van der Waals surface area contributed by atoms with Crippen molar-refractivity contribution in [3.8, 4) is 11.5 Å². The lowest BCUT2D eigenvalue weighted by Gasteiger charge is -2.16. The third-order valence-corrected chi connectivity index (χ3v) is 2.62. The minimum atomic E-state index is -0.534. The van der Waals surface area contributed by atoms with E-state index in [0.717, 1.165) is 10.8 Å². The third kappa shape index (κ3) is 2.62. The summed E-state index contributed by atoms with van der Waals surface area (Å²) in [5.74, 6) is 0.414. The first kappa shape index (κ1) is 12.4. The van der Waals surface area contributed by atoms with Gasteiger partial charge in [-0.15, -0.1) is 0 Å². The van der Waals surface area contributed by atoms with Crippen molar-refractivity contribution in [2.75, 3.05) is 0 Å². The number of phenols is 1. The van der Waals surface area contributed by atoms with Gasteiger partial charge in [0.25, 0.3) is 0 Å². The van der Waals surface area contributed by atoms with Crippen LogP contribution in [0.4, 0.5) is 0 Å². The smallest absolute Gasteiger partial charge is 0.316 e. The Morgan fingerprint density at radius 2 is 1.72 bits per heavy atom. The van der Waals surface area contributed by atoms with Gasteiger partial charge in [-0.25, -0.2) is 0 Å². The molecular formula is C15H16O3. The van der Waals surface area contributed by atoms with E-state index in [1.807, 2.05) is 32.9 Å². The second kappa shape index (κ2) is 4.33. The van der Waals surface area contributed by atoms with Gasteiger partial charge >= 0.3 is 5.97 Å². The van der Waals surface area contributed by atoms with Crippen molar-refractivity contribution in [2.24, 2.45) is 5.41 Å². The maximum Gasteiger partial charge on any atom is 0.316 e. The van der Waals surface area contributed by atoms with Crippen LogP contribution < -0.4 is 4.74 Å². The van der Waals surface area contributed by atoms with Crippen LogP contribution in [-0.2, 0) is 4.79 Å². The van der Waals surface area contributed by atoms with Gasteiger partial charge in [0.05, 0.1) is 5.41 Å². The SMILES string of the molecule is CC(C)(C)C(=O)Oc1ccc2ccc(O)cc2c1. The molecule has 2 aromatic carbocycles. The Morgan fingerprint density at radius 1 is 1.06 bits per heavy atom. The van der Waals surface area contributed by atoms with Gasteiger partial charge in [0.2, 0.25) is 0 Å². The molecule has 3 nitrogen and oxygen atoms in total. The number of aromatic hydroxyl groups is 1. The van der Waals surface area contributed by atoms with Crippen LogP contribution in [0, 0.1) is 5.41 Å². The average Bonchev–Trinajstić information content (AvgIpc) is 2.27. The molecule has 0 amide bonds. The fraction of sp³-hybridized carbons (Fsp3) is 0.267. The van der Waals surface area contributed by atoms with E-state index in [2.05, 4.69) is 0 Å². The van der Waals surface area contributed by atoms with Gasteiger partial charge in [-0.05, 0) is 55.8 Å². The summed E-state index contributed by atoms with van der Waals surface area (Å²) in [6, 6.07) is 10.5. The molecule has 18 heavy (non-hydrogen) atoms. The first-order valence-electron chi connectivity index (χ1n) is 5.81. The van der Waals surface area contributed by atoms with Gasteiger partial charge in [-0.3, -0.25) is 4.79 Å². The number of rotatable bonds is 1. The second-order valence-electron chi connectivity index (χ2n) is 5.33. The minimum absolute atomic E-state index is 0.196. The Morgan fingerprint density at radius 3 is 2.39 bits per heavy atom. The van der Waals surface area contributed by atoms with Crippen molar-refractivity contribution in [3.05, 3.63) is 36.4 Å². The molecule has 0 radical (unpaired) electrons. The van der Waals surface area contributed by atoms with Gasteiger partial charge in [-0.2, -0.15) is 0 Å². The van der Waals surface area contributed by atoms with E-state index in [1.165, 1.54) is 0 Å². The molecule has 3 heteroatoms. The molecule has 0 aliphatic carbocycles. The number of fused-ring (bicyclic) bond motifs is 1. The lowest BCUT2D eigenvalue weighted by atomic mass is 9.97. The van der Waals surface area contributed by atoms with Gasteiger partial charge in [0.15, 0.2) is 0 Å². The molecular weight excluding hydrogens is 228 g/mol. The van der Waals surface area contributed by atoms with Crippen molar-refractivity contribution in [1.29, 1.82) is 0 Å². The van der Waals surface area contributed by atoms with Crippen LogP contribution in [0.1, 0.15) is 20.8 Å². The number of carbonyl (C=O) groups excluding carboxylic acids is 1. The molecule has 0 aliphatic heterocycles. The number of esters is 1. The quantitative estimate of drug-likeness (QED) is 0.617. The van der Waals surface area contributed by atoms with Crippen molar-refractivity contribution in [1.82, 2.24) is 0 Å². The molecule has 0 saturated heterocycles. The molecule has 0 spiro atoms. The zero-order valence-electron chi connectivity index (χ0n) is 10.7. The summed E-state index contributed by atoms with van der Waals surface area (Å²) in [5.41, 5.74) is -0.534. The van der Waals surface area contributed by atoms with E-state index in [1.54, 1.807) is 24.3 Å². The highest BCUT2D eigenvalue weighted by molar-refractivity contribution is 5.86. The molecule has 0 fully saturated rings. The molecule has 0 aliphatic rings. The number of carbonyl (C=O) groups is 1. The Hall–Kier alpha value is -2.03.